The number of nitrogens with zero attached hydrogens (tertiary/aromatic N) is 3. The van der Waals surface area contributed by atoms with Crippen molar-refractivity contribution in [3.05, 3.63) is 15.9 Å². The van der Waals surface area contributed by atoms with Gasteiger partial charge in [-0.05, 0) is 36.3 Å². The molecule has 19 heavy (non-hydrogen) atoms. The molecule has 0 aliphatic carbocycles. The van der Waals surface area contributed by atoms with Crippen LogP contribution in [0.5, 0.6) is 0 Å². The lowest BCUT2D eigenvalue weighted by Crippen LogP contribution is -2.25. The van der Waals surface area contributed by atoms with Gasteiger partial charge in [0.25, 0.3) is 0 Å². The molecule has 0 radical (unpaired) electrons. The average molecular weight is 342 g/mol. The van der Waals surface area contributed by atoms with Gasteiger partial charge in [0, 0.05) is 19.6 Å². The predicted octanol–water partition coefficient (Wildman–Crippen LogP) is 3.61. The fourth-order valence-corrected chi connectivity index (χ4v) is 2.51. The van der Waals surface area contributed by atoms with E-state index in [2.05, 4.69) is 21.0 Å². The Morgan fingerprint density at radius 1 is 1.32 bits per heavy atom. The molecule has 0 spiro atoms. The van der Waals surface area contributed by atoms with Gasteiger partial charge in [0.15, 0.2) is 0 Å². The van der Waals surface area contributed by atoms with Crippen molar-refractivity contribution in [2.24, 2.45) is 0 Å². The quantitative estimate of drug-likeness (QED) is 0.788. The summed E-state index contributed by atoms with van der Waals surface area (Å²) in [5, 5.41) is 4.43. The third-order valence-corrected chi connectivity index (χ3v) is 3.81. The third kappa shape index (κ3) is 4.80. The molecule has 7 heteroatoms. The minimum atomic E-state index is -4.11. The highest BCUT2D eigenvalue weighted by Crippen LogP contribution is 2.24. The first-order valence-corrected chi connectivity index (χ1v) is 7.07. The molecule has 0 aliphatic heterocycles. The lowest BCUT2D eigenvalue weighted by Gasteiger charge is -2.18. The third-order valence-electron chi connectivity index (χ3n) is 2.89. The Bertz CT molecular complexity index is 415. The minimum absolute atomic E-state index is 0.00765. The standard InChI is InChI=1S/C12H19BrF3N3/c1-4-9-11(13)10(19(5-2)17-9)8-18(3)7-6-12(14,15)16/h4-8H2,1-3H3. The summed E-state index contributed by atoms with van der Waals surface area (Å²) in [5.74, 6) is 0. The molecule has 1 heterocycles. The Balaban J connectivity index is 2.73. The van der Waals surface area contributed by atoms with E-state index in [4.69, 9.17) is 0 Å². The molecule has 0 amide bonds. The van der Waals surface area contributed by atoms with Crippen LogP contribution in [-0.2, 0) is 19.5 Å². The largest absolute Gasteiger partial charge is 0.390 e. The Labute approximate surface area is 119 Å². The van der Waals surface area contributed by atoms with Crippen molar-refractivity contribution in [2.45, 2.75) is 46.0 Å². The van der Waals surface area contributed by atoms with Crippen LogP contribution in [0, 0.1) is 0 Å². The summed E-state index contributed by atoms with van der Waals surface area (Å²) in [5.41, 5.74) is 1.88. The van der Waals surface area contributed by atoms with Crippen LogP contribution in [0.4, 0.5) is 13.2 Å². The van der Waals surface area contributed by atoms with Crippen LogP contribution in [0.1, 0.15) is 31.7 Å². The monoisotopic (exact) mass is 341 g/mol. The summed E-state index contributed by atoms with van der Waals surface area (Å²) < 4.78 is 39.3. The fourth-order valence-electron chi connectivity index (χ4n) is 1.82. The zero-order valence-electron chi connectivity index (χ0n) is 11.4. The lowest BCUT2D eigenvalue weighted by molar-refractivity contribution is -0.137. The van der Waals surface area contributed by atoms with Crippen LogP contribution >= 0.6 is 15.9 Å². The van der Waals surface area contributed by atoms with Crippen molar-refractivity contribution < 1.29 is 13.2 Å². The van der Waals surface area contributed by atoms with E-state index in [1.807, 2.05) is 18.5 Å². The van der Waals surface area contributed by atoms with Gasteiger partial charge in [0.1, 0.15) is 0 Å². The van der Waals surface area contributed by atoms with Gasteiger partial charge in [-0.15, -0.1) is 0 Å². The van der Waals surface area contributed by atoms with Crippen molar-refractivity contribution in [3.8, 4) is 0 Å². The van der Waals surface area contributed by atoms with Gasteiger partial charge >= 0.3 is 6.18 Å². The van der Waals surface area contributed by atoms with Crippen LogP contribution in [0.15, 0.2) is 4.47 Å². The Morgan fingerprint density at radius 3 is 2.42 bits per heavy atom. The Morgan fingerprint density at radius 2 is 1.95 bits per heavy atom. The molecule has 0 saturated carbocycles. The van der Waals surface area contributed by atoms with Crippen molar-refractivity contribution in [1.82, 2.24) is 14.7 Å². The van der Waals surface area contributed by atoms with E-state index >= 15 is 0 Å². The predicted molar refractivity (Wildman–Crippen MR) is 72.0 cm³/mol. The highest BCUT2D eigenvalue weighted by atomic mass is 79.9. The number of halogens is 4. The van der Waals surface area contributed by atoms with Crippen molar-refractivity contribution in [1.29, 1.82) is 0 Å². The van der Waals surface area contributed by atoms with Gasteiger partial charge in [0.05, 0.1) is 22.3 Å². The summed E-state index contributed by atoms with van der Waals surface area (Å²) in [6.45, 7) is 5.13. The Kier molecular flexibility index (Phi) is 5.85. The van der Waals surface area contributed by atoms with Crippen molar-refractivity contribution >= 4 is 15.9 Å². The van der Waals surface area contributed by atoms with Crippen molar-refractivity contribution in [3.63, 3.8) is 0 Å². The van der Waals surface area contributed by atoms with Gasteiger partial charge in [-0.1, -0.05) is 6.92 Å². The fraction of sp³-hybridized carbons (Fsp3) is 0.750. The van der Waals surface area contributed by atoms with E-state index in [0.717, 1.165) is 22.3 Å². The van der Waals surface area contributed by atoms with Crippen LogP contribution in [0.2, 0.25) is 0 Å². The summed E-state index contributed by atoms with van der Waals surface area (Å²) in [7, 11) is 1.69. The molecule has 0 saturated heterocycles. The topological polar surface area (TPSA) is 21.1 Å². The zero-order chi connectivity index (χ0) is 14.6. The summed E-state index contributed by atoms with van der Waals surface area (Å²) in [4.78, 5) is 1.67. The number of rotatable bonds is 6. The molecule has 0 aliphatic rings. The van der Waals surface area contributed by atoms with Gasteiger partial charge in [-0.2, -0.15) is 18.3 Å². The van der Waals surface area contributed by atoms with Crippen LogP contribution < -0.4 is 0 Å². The second-order valence-corrected chi connectivity index (χ2v) is 5.27. The summed E-state index contributed by atoms with van der Waals surface area (Å²) >= 11 is 3.49. The second-order valence-electron chi connectivity index (χ2n) is 4.48. The van der Waals surface area contributed by atoms with E-state index < -0.39 is 12.6 Å². The summed E-state index contributed by atoms with van der Waals surface area (Å²) in [6.07, 6.45) is -4.10. The normalized spacial score (nSPS) is 12.4. The van der Waals surface area contributed by atoms with Crippen LogP contribution in [-0.4, -0.2) is 34.4 Å². The number of alkyl halides is 3. The number of aromatic nitrogens is 2. The van der Waals surface area contributed by atoms with E-state index in [0.29, 0.717) is 13.1 Å². The Hall–Kier alpha value is -0.560. The van der Waals surface area contributed by atoms with Gasteiger partial charge in [-0.25, -0.2) is 0 Å². The maximum atomic E-state index is 12.2. The molecule has 0 aromatic carbocycles. The van der Waals surface area contributed by atoms with E-state index in [1.165, 1.54) is 0 Å². The first-order valence-electron chi connectivity index (χ1n) is 6.27. The maximum absolute atomic E-state index is 12.2. The average Bonchev–Trinajstić information content (AvgIpc) is 2.63. The molecule has 1 rings (SSSR count). The molecule has 1 aromatic rings. The molecule has 3 nitrogen and oxygen atoms in total. The van der Waals surface area contributed by atoms with Gasteiger partial charge in [0.2, 0.25) is 0 Å². The first kappa shape index (κ1) is 16.5. The SMILES string of the molecule is CCc1nn(CC)c(CN(C)CCC(F)(F)F)c1Br. The molecule has 0 fully saturated rings. The van der Waals surface area contributed by atoms with Gasteiger partial charge < -0.3 is 4.90 Å². The number of hydrogen-bond acceptors (Lipinski definition) is 2. The van der Waals surface area contributed by atoms with E-state index in [1.54, 1.807) is 11.9 Å². The highest BCUT2D eigenvalue weighted by molar-refractivity contribution is 9.10. The van der Waals surface area contributed by atoms with E-state index in [9.17, 15) is 13.2 Å². The smallest absolute Gasteiger partial charge is 0.300 e. The van der Waals surface area contributed by atoms with E-state index in [-0.39, 0.29) is 6.54 Å². The molecule has 0 N–H and O–H groups in total. The molecular formula is C12H19BrF3N3. The van der Waals surface area contributed by atoms with Crippen molar-refractivity contribution in [2.75, 3.05) is 13.6 Å². The molecular weight excluding hydrogens is 323 g/mol. The molecule has 0 atom stereocenters. The summed E-state index contributed by atoms with van der Waals surface area (Å²) in [6, 6.07) is 0. The first-order chi connectivity index (χ1) is 8.78. The zero-order valence-corrected chi connectivity index (χ0v) is 13.0. The lowest BCUT2D eigenvalue weighted by atomic mass is 10.3. The number of hydrogen-bond donors (Lipinski definition) is 0. The van der Waals surface area contributed by atoms with Crippen LogP contribution in [0.3, 0.4) is 0 Å². The molecule has 0 unspecified atom stereocenters. The minimum Gasteiger partial charge on any atom is -0.300 e. The maximum Gasteiger partial charge on any atom is 0.390 e. The molecule has 110 valence electrons. The van der Waals surface area contributed by atoms with Gasteiger partial charge in [-0.3, -0.25) is 4.68 Å². The second kappa shape index (κ2) is 6.74. The molecule has 0 bridgehead atoms. The number of aryl methyl sites for hydroxylation is 2. The molecule has 1 aromatic heterocycles. The van der Waals surface area contributed by atoms with Crippen LogP contribution in [0.25, 0.3) is 0 Å². The highest BCUT2D eigenvalue weighted by Gasteiger charge is 2.27.